The minimum Gasteiger partial charge on any atom is -0.476 e. The predicted molar refractivity (Wildman–Crippen MR) is 114 cm³/mol. The van der Waals surface area contributed by atoms with Crippen molar-refractivity contribution in [3.63, 3.8) is 0 Å². The van der Waals surface area contributed by atoms with E-state index >= 15 is 0 Å². The molecular weight excluding hydrogens is 364 g/mol. The highest BCUT2D eigenvalue weighted by atomic mass is 16.5. The number of amides is 2. The SMILES string of the molecule is CC1(C)Oc2ccc(C(=O)N3CCCCCC3)cc2N(CC2CCCCC2)C1=O. The Morgan fingerprint density at radius 2 is 1.69 bits per heavy atom. The smallest absolute Gasteiger partial charge is 0.270 e. The molecule has 2 aliphatic heterocycles. The minimum absolute atomic E-state index is 0.00468. The van der Waals surface area contributed by atoms with E-state index in [9.17, 15) is 9.59 Å². The van der Waals surface area contributed by atoms with Crippen molar-refractivity contribution in [1.29, 1.82) is 0 Å². The summed E-state index contributed by atoms with van der Waals surface area (Å²) >= 11 is 0. The maximum Gasteiger partial charge on any atom is 0.270 e. The molecule has 158 valence electrons. The van der Waals surface area contributed by atoms with Gasteiger partial charge in [0.25, 0.3) is 11.8 Å². The van der Waals surface area contributed by atoms with Crippen LogP contribution in [0.25, 0.3) is 0 Å². The highest BCUT2D eigenvalue weighted by molar-refractivity contribution is 6.04. The number of fused-ring (bicyclic) bond motifs is 1. The van der Waals surface area contributed by atoms with Crippen LogP contribution < -0.4 is 9.64 Å². The van der Waals surface area contributed by atoms with Crippen LogP contribution in [0.4, 0.5) is 5.69 Å². The van der Waals surface area contributed by atoms with E-state index in [1.165, 1.54) is 44.9 Å². The van der Waals surface area contributed by atoms with Crippen molar-refractivity contribution in [3.8, 4) is 5.75 Å². The van der Waals surface area contributed by atoms with Crippen LogP contribution in [0.15, 0.2) is 18.2 Å². The van der Waals surface area contributed by atoms with Crippen molar-refractivity contribution in [2.75, 3.05) is 24.5 Å². The molecule has 0 unspecified atom stereocenters. The first-order valence-electron chi connectivity index (χ1n) is 11.4. The average molecular weight is 399 g/mol. The van der Waals surface area contributed by atoms with E-state index in [1.54, 1.807) is 0 Å². The maximum absolute atomic E-state index is 13.2. The van der Waals surface area contributed by atoms with Crippen LogP contribution in [0, 0.1) is 5.92 Å². The molecule has 1 aromatic carbocycles. The molecule has 1 aromatic rings. The Kier molecular flexibility index (Phi) is 5.84. The third-order valence-electron chi connectivity index (χ3n) is 6.68. The molecule has 29 heavy (non-hydrogen) atoms. The molecule has 0 radical (unpaired) electrons. The second kappa shape index (κ2) is 8.37. The highest BCUT2D eigenvalue weighted by Gasteiger charge is 2.42. The summed E-state index contributed by atoms with van der Waals surface area (Å²) in [6.07, 6.45) is 10.7. The molecule has 5 heteroatoms. The number of hydrogen-bond acceptors (Lipinski definition) is 3. The number of anilines is 1. The fourth-order valence-electron chi connectivity index (χ4n) is 4.97. The number of carbonyl (C=O) groups is 2. The van der Waals surface area contributed by atoms with Gasteiger partial charge in [0.05, 0.1) is 5.69 Å². The summed E-state index contributed by atoms with van der Waals surface area (Å²) in [5.74, 6) is 1.30. The fraction of sp³-hybridized carbons (Fsp3) is 0.667. The Morgan fingerprint density at radius 3 is 2.38 bits per heavy atom. The van der Waals surface area contributed by atoms with Crippen molar-refractivity contribution in [3.05, 3.63) is 23.8 Å². The van der Waals surface area contributed by atoms with E-state index in [-0.39, 0.29) is 11.8 Å². The topological polar surface area (TPSA) is 49.9 Å². The van der Waals surface area contributed by atoms with E-state index < -0.39 is 5.60 Å². The van der Waals surface area contributed by atoms with Gasteiger partial charge in [-0.1, -0.05) is 32.1 Å². The molecule has 5 nitrogen and oxygen atoms in total. The van der Waals surface area contributed by atoms with Crippen molar-refractivity contribution in [2.24, 2.45) is 5.92 Å². The number of carbonyl (C=O) groups excluding carboxylic acids is 2. The molecule has 3 aliphatic rings. The van der Waals surface area contributed by atoms with E-state index in [1.807, 2.05) is 41.8 Å². The van der Waals surface area contributed by atoms with Crippen LogP contribution in [0.2, 0.25) is 0 Å². The van der Waals surface area contributed by atoms with Gasteiger partial charge in [0, 0.05) is 25.2 Å². The quantitative estimate of drug-likeness (QED) is 0.736. The Bertz CT molecular complexity index is 759. The molecule has 0 atom stereocenters. The molecule has 2 fully saturated rings. The number of hydrogen-bond donors (Lipinski definition) is 0. The van der Waals surface area contributed by atoms with Crippen molar-refractivity contribution in [2.45, 2.75) is 77.2 Å². The monoisotopic (exact) mass is 398 g/mol. The lowest BCUT2D eigenvalue weighted by atomic mass is 9.88. The fourth-order valence-corrected chi connectivity index (χ4v) is 4.97. The molecule has 0 spiro atoms. The first kappa shape index (κ1) is 20.2. The van der Waals surface area contributed by atoms with Gasteiger partial charge < -0.3 is 14.5 Å². The lowest BCUT2D eigenvalue weighted by molar-refractivity contribution is -0.132. The first-order chi connectivity index (χ1) is 14.0. The number of rotatable bonds is 3. The van der Waals surface area contributed by atoms with E-state index in [0.29, 0.717) is 17.2 Å². The largest absolute Gasteiger partial charge is 0.476 e. The number of likely N-dealkylation sites (tertiary alicyclic amines) is 1. The van der Waals surface area contributed by atoms with Crippen molar-refractivity contribution < 1.29 is 14.3 Å². The maximum atomic E-state index is 13.2. The summed E-state index contributed by atoms with van der Waals surface area (Å²) in [4.78, 5) is 30.2. The highest BCUT2D eigenvalue weighted by Crippen LogP contribution is 2.40. The number of nitrogens with zero attached hydrogens (tertiary/aromatic N) is 2. The van der Waals surface area contributed by atoms with Gasteiger partial charge in [-0.3, -0.25) is 9.59 Å². The van der Waals surface area contributed by atoms with Gasteiger partial charge in [0.15, 0.2) is 5.60 Å². The zero-order valence-corrected chi connectivity index (χ0v) is 17.9. The van der Waals surface area contributed by atoms with Gasteiger partial charge in [-0.25, -0.2) is 0 Å². The summed E-state index contributed by atoms with van der Waals surface area (Å²) in [6.45, 7) is 6.04. The molecule has 2 amide bonds. The second-order valence-corrected chi connectivity index (χ2v) is 9.42. The molecule has 0 aromatic heterocycles. The first-order valence-corrected chi connectivity index (χ1v) is 11.4. The summed E-state index contributed by atoms with van der Waals surface area (Å²) in [7, 11) is 0. The molecule has 2 heterocycles. The predicted octanol–water partition coefficient (Wildman–Crippen LogP) is 4.79. The van der Waals surface area contributed by atoms with E-state index in [0.717, 1.165) is 38.2 Å². The lowest BCUT2D eigenvalue weighted by Crippen LogP contribution is -2.53. The number of benzene rings is 1. The van der Waals surface area contributed by atoms with E-state index in [2.05, 4.69) is 0 Å². The van der Waals surface area contributed by atoms with Crippen molar-refractivity contribution in [1.82, 2.24) is 4.90 Å². The van der Waals surface area contributed by atoms with Gasteiger partial charge in [-0.15, -0.1) is 0 Å². The molecule has 0 bridgehead atoms. The molecule has 1 saturated carbocycles. The summed E-state index contributed by atoms with van der Waals surface area (Å²) < 4.78 is 6.04. The number of ether oxygens (including phenoxy) is 1. The van der Waals surface area contributed by atoms with E-state index in [4.69, 9.17) is 4.74 Å². The van der Waals surface area contributed by atoms with Crippen LogP contribution in [-0.2, 0) is 4.79 Å². The molecular formula is C24H34N2O3. The van der Waals surface area contributed by atoms with Gasteiger partial charge >= 0.3 is 0 Å². The molecule has 1 saturated heterocycles. The Hall–Kier alpha value is -2.04. The lowest BCUT2D eigenvalue weighted by Gasteiger charge is -2.41. The Morgan fingerprint density at radius 1 is 1.03 bits per heavy atom. The molecule has 1 aliphatic carbocycles. The zero-order chi connectivity index (χ0) is 20.4. The second-order valence-electron chi connectivity index (χ2n) is 9.42. The van der Waals surface area contributed by atoms with Crippen LogP contribution in [0.1, 0.15) is 82.0 Å². The molecule has 0 N–H and O–H groups in total. The summed E-state index contributed by atoms with van der Waals surface area (Å²) in [5.41, 5.74) is 0.550. The van der Waals surface area contributed by atoms with Crippen molar-refractivity contribution >= 4 is 17.5 Å². The zero-order valence-electron chi connectivity index (χ0n) is 17.9. The van der Waals surface area contributed by atoms with Gasteiger partial charge in [-0.05, 0) is 63.6 Å². The van der Waals surface area contributed by atoms with Crippen LogP contribution in [0.3, 0.4) is 0 Å². The minimum atomic E-state index is -0.877. The van der Waals surface area contributed by atoms with Gasteiger partial charge in [-0.2, -0.15) is 0 Å². The Balaban J connectivity index is 1.62. The standard InChI is InChI=1S/C24H34N2O3/c1-24(2)23(28)26(17-18-10-6-5-7-11-18)20-16-19(12-13-21(20)29-24)22(27)25-14-8-3-4-9-15-25/h12-13,16,18H,3-11,14-15,17H2,1-2H3. The van der Waals surface area contributed by atoms with Crippen LogP contribution >= 0.6 is 0 Å². The molecule has 4 rings (SSSR count). The van der Waals surface area contributed by atoms with Gasteiger partial charge in [0.1, 0.15) is 5.75 Å². The van der Waals surface area contributed by atoms with Crippen LogP contribution in [0.5, 0.6) is 5.75 Å². The summed E-state index contributed by atoms with van der Waals surface area (Å²) in [6, 6.07) is 5.62. The summed E-state index contributed by atoms with van der Waals surface area (Å²) in [5, 5.41) is 0. The third kappa shape index (κ3) is 4.29. The normalized spacial score (nSPS) is 22.6. The third-order valence-corrected chi connectivity index (χ3v) is 6.68. The average Bonchev–Trinajstić information content (AvgIpc) is 3.01. The Labute approximate surface area is 174 Å². The van der Waals surface area contributed by atoms with Gasteiger partial charge in [0.2, 0.25) is 0 Å². The van der Waals surface area contributed by atoms with Crippen LogP contribution in [-0.4, -0.2) is 41.9 Å².